The van der Waals surface area contributed by atoms with Gasteiger partial charge in [-0.2, -0.15) is 0 Å². The average molecular weight is 908 g/mol. The number of anilines is 1. The summed E-state index contributed by atoms with van der Waals surface area (Å²) in [5.74, 6) is 4.72. The predicted molar refractivity (Wildman–Crippen MR) is 250 cm³/mol. The van der Waals surface area contributed by atoms with Crippen molar-refractivity contribution >= 4 is 52.9 Å². The maximum atomic E-state index is 13.8. The zero-order valence-corrected chi connectivity index (χ0v) is 38.7. The summed E-state index contributed by atoms with van der Waals surface area (Å²) in [5, 5.41) is 12.5. The van der Waals surface area contributed by atoms with E-state index in [2.05, 4.69) is 21.3 Å². The van der Waals surface area contributed by atoms with Crippen LogP contribution in [0.5, 0.6) is 0 Å². The number of unbranched alkanes of at least 4 members (excludes halogenated alkanes) is 3. The Hall–Kier alpha value is -5.40. The van der Waals surface area contributed by atoms with Gasteiger partial charge in [0.2, 0.25) is 29.5 Å². The maximum Gasteiger partial charge on any atom is 0.243 e. The van der Waals surface area contributed by atoms with Crippen molar-refractivity contribution in [1.82, 2.24) is 26.3 Å². The van der Waals surface area contributed by atoms with Crippen LogP contribution in [-0.4, -0.2) is 118 Å². The van der Waals surface area contributed by atoms with E-state index in [0.29, 0.717) is 102 Å². The van der Waals surface area contributed by atoms with Gasteiger partial charge in [0, 0.05) is 49.6 Å². The molecule has 2 aromatic carbocycles. The van der Waals surface area contributed by atoms with E-state index in [9.17, 15) is 28.8 Å². The van der Waals surface area contributed by atoms with Crippen molar-refractivity contribution in [2.75, 3.05) is 64.2 Å². The fourth-order valence-electron chi connectivity index (χ4n) is 7.10. The van der Waals surface area contributed by atoms with Gasteiger partial charge >= 0.3 is 0 Å². The molecule has 65 heavy (non-hydrogen) atoms. The number of rotatable bonds is 31. The Labute approximate surface area is 384 Å². The summed E-state index contributed by atoms with van der Waals surface area (Å²) < 4.78 is 16.8. The number of nitrogens with two attached hydrogens (primary N) is 3. The number of para-hydroxylation sites is 1. The van der Waals surface area contributed by atoms with Crippen LogP contribution in [0, 0.1) is 5.92 Å². The van der Waals surface area contributed by atoms with Crippen molar-refractivity contribution in [2.45, 2.75) is 110 Å². The van der Waals surface area contributed by atoms with E-state index in [1.54, 1.807) is 23.8 Å². The highest BCUT2D eigenvalue weighted by Crippen LogP contribution is 2.37. The van der Waals surface area contributed by atoms with Crippen molar-refractivity contribution < 1.29 is 43.0 Å². The molecule has 18 heteroatoms. The summed E-state index contributed by atoms with van der Waals surface area (Å²) in [4.78, 5) is 77.1. The van der Waals surface area contributed by atoms with Gasteiger partial charge in [0.15, 0.2) is 0 Å². The summed E-state index contributed by atoms with van der Waals surface area (Å²) in [5.41, 5.74) is 16.6. The third-order valence-corrected chi connectivity index (χ3v) is 10.7. The second-order valence-corrected chi connectivity index (χ2v) is 16.5. The Balaban J connectivity index is 1.27. The predicted octanol–water partition coefficient (Wildman–Crippen LogP) is 2.48. The fourth-order valence-corrected chi connectivity index (χ4v) is 7.10. The Morgan fingerprint density at radius 1 is 0.738 bits per heavy atom. The SMILES string of the molecule is CC(C)C(NC(=O)C(CCCCN)NC(=O)CCCCCOCCOCCOCCNC(=O)CCC(=O)N1Cc2ccccc2/C(N)=C(/N(N)C(C)C)c2ccccc21)C(=O)NCC=O. The van der Waals surface area contributed by atoms with Gasteiger partial charge in [-0.25, -0.2) is 5.84 Å². The summed E-state index contributed by atoms with van der Waals surface area (Å²) in [7, 11) is 0. The number of carbonyl (C=O) groups is 6. The van der Waals surface area contributed by atoms with E-state index >= 15 is 0 Å². The zero-order chi connectivity index (χ0) is 47.6. The second kappa shape index (κ2) is 29.9. The minimum Gasteiger partial charge on any atom is -0.396 e. The summed E-state index contributed by atoms with van der Waals surface area (Å²) >= 11 is 0. The quantitative estimate of drug-likeness (QED) is 0.0249. The zero-order valence-electron chi connectivity index (χ0n) is 38.7. The van der Waals surface area contributed by atoms with Gasteiger partial charge in [0.1, 0.15) is 18.4 Å². The molecule has 1 aliphatic heterocycles. The molecule has 2 unspecified atom stereocenters. The first-order valence-corrected chi connectivity index (χ1v) is 22.8. The lowest BCUT2D eigenvalue weighted by atomic mass is 9.95. The van der Waals surface area contributed by atoms with Crippen LogP contribution >= 0.6 is 0 Å². The van der Waals surface area contributed by atoms with Crippen molar-refractivity contribution in [3.63, 3.8) is 0 Å². The van der Waals surface area contributed by atoms with E-state index < -0.39 is 23.9 Å². The van der Waals surface area contributed by atoms with E-state index in [1.807, 2.05) is 62.4 Å². The van der Waals surface area contributed by atoms with Gasteiger partial charge in [0.05, 0.1) is 63.2 Å². The van der Waals surface area contributed by atoms with Crippen molar-refractivity contribution in [2.24, 2.45) is 23.2 Å². The number of hydrogen-bond acceptors (Lipinski definition) is 13. The van der Waals surface area contributed by atoms with Crippen LogP contribution < -0.4 is 43.5 Å². The van der Waals surface area contributed by atoms with Crippen LogP contribution in [0.2, 0.25) is 0 Å². The number of hydrogen-bond donors (Lipinski definition) is 7. The normalized spacial score (nSPS) is 14.4. The molecule has 360 valence electrons. The molecule has 2 atom stereocenters. The molecule has 18 nitrogen and oxygen atoms in total. The van der Waals surface area contributed by atoms with E-state index in [-0.39, 0.29) is 62.0 Å². The Kier molecular flexibility index (Phi) is 24.8. The third kappa shape index (κ3) is 18.5. The summed E-state index contributed by atoms with van der Waals surface area (Å²) in [6, 6.07) is 13.5. The van der Waals surface area contributed by atoms with Crippen LogP contribution in [-0.2, 0) is 49.5 Å². The number of carbonyl (C=O) groups excluding carboxylic acids is 6. The standard InChI is InChI=1S/C47H73N9O9/c1-33(2)44(47(62)52-23-25-57)54-46(61)38(17-11-12-22-48)53-41(59)19-6-5-13-26-63-28-30-65-31-29-64-27-24-51-40(58)20-21-42(60)55-32-35-14-7-8-15-36(35)43(49)45(56(50)34(3)4)37-16-9-10-18-39(37)55/h7-10,14-16,18,25,33-34,38,44H,5-6,11-13,17,19-24,26-32,48-50H2,1-4H3,(H,51,58)(H,52,62)(H,53,59)(H,54,61)/b45-43-. The Morgan fingerprint density at radius 3 is 2.08 bits per heavy atom. The van der Waals surface area contributed by atoms with E-state index in [4.69, 9.17) is 31.5 Å². The minimum atomic E-state index is -0.844. The molecule has 5 amide bonds. The Bertz CT molecular complexity index is 1860. The largest absolute Gasteiger partial charge is 0.396 e. The number of ether oxygens (including phenoxy) is 3. The molecule has 1 aliphatic rings. The maximum absolute atomic E-state index is 13.8. The number of fused-ring (bicyclic) bond motifs is 2. The van der Waals surface area contributed by atoms with E-state index in [0.717, 1.165) is 29.5 Å². The molecule has 3 rings (SSSR count). The molecule has 0 bridgehead atoms. The first-order chi connectivity index (χ1) is 31.3. The molecule has 0 spiro atoms. The minimum absolute atomic E-state index is 0.00903. The van der Waals surface area contributed by atoms with Gasteiger partial charge in [-0.15, -0.1) is 0 Å². The molecule has 0 fully saturated rings. The highest BCUT2D eigenvalue weighted by molar-refractivity contribution is 6.02. The smallest absolute Gasteiger partial charge is 0.243 e. The lowest BCUT2D eigenvalue weighted by Crippen LogP contribution is -2.55. The van der Waals surface area contributed by atoms with Crippen molar-refractivity contribution in [1.29, 1.82) is 0 Å². The lowest BCUT2D eigenvalue weighted by molar-refractivity contribution is -0.133. The molecule has 10 N–H and O–H groups in total. The molecule has 1 heterocycles. The number of aldehydes is 1. The summed E-state index contributed by atoms with van der Waals surface area (Å²) in [6.45, 7) is 10.7. The molecule has 0 aliphatic carbocycles. The number of nitrogens with one attached hydrogen (secondary N) is 4. The third-order valence-electron chi connectivity index (χ3n) is 10.7. The molecule has 0 saturated heterocycles. The fraction of sp³-hybridized carbons (Fsp3) is 0.574. The Morgan fingerprint density at radius 2 is 1.40 bits per heavy atom. The van der Waals surface area contributed by atoms with Crippen LogP contribution in [0.4, 0.5) is 5.69 Å². The summed E-state index contributed by atoms with van der Waals surface area (Å²) in [6.07, 6.45) is 4.69. The average Bonchev–Trinajstić information content (AvgIpc) is 3.28. The number of amides is 5. The lowest BCUT2D eigenvalue weighted by Gasteiger charge is -2.34. The number of hydrazine groups is 1. The van der Waals surface area contributed by atoms with Gasteiger partial charge < -0.3 is 61.6 Å². The second-order valence-electron chi connectivity index (χ2n) is 16.5. The van der Waals surface area contributed by atoms with Crippen LogP contribution in [0.1, 0.15) is 102 Å². The van der Waals surface area contributed by atoms with Gasteiger partial charge in [-0.1, -0.05) is 62.7 Å². The van der Waals surface area contributed by atoms with Gasteiger partial charge in [0.25, 0.3) is 0 Å². The number of benzene rings is 2. The first kappa shape index (κ1) is 53.9. The van der Waals surface area contributed by atoms with Gasteiger partial charge in [-0.05, 0) is 70.0 Å². The van der Waals surface area contributed by atoms with Gasteiger partial charge in [-0.3, -0.25) is 24.0 Å². The first-order valence-electron chi connectivity index (χ1n) is 22.8. The number of nitrogens with zero attached hydrogens (tertiary/aromatic N) is 2. The molecular weight excluding hydrogens is 835 g/mol. The molecule has 0 saturated carbocycles. The van der Waals surface area contributed by atoms with Crippen LogP contribution in [0.25, 0.3) is 11.4 Å². The van der Waals surface area contributed by atoms with Crippen molar-refractivity contribution in [3.05, 3.63) is 65.2 Å². The van der Waals surface area contributed by atoms with Crippen LogP contribution in [0.15, 0.2) is 48.5 Å². The molecule has 0 radical (unpaired) electrons. The topological polar surface area (TPSA) is 263 Å². The highest BCUT2D eigenvalue weighted by Gasteiger charge is 2.30. The molecular formula is C47H73N9O9. The van der Waals surface area contributed by atoms with Crippen LogP contribution in [0.3, 0.4) is 0 Å². The van der Waals surface area contributed by atoms with Crippen molar-refractivity contribution in [3.8, 4) is 0 Å². The molecule has 2 aromatic rings. The molecule has 0 aromatic heterocycles. The van der Waals surface area contributed by atoms with E-state index in [1.165, 1.54) is 0 Å². The highest BCUT2D eigenvalue weighted by atomic mass is 16.5. The monoisotopic (exact) mass is 908 g/mol.